The number of rotatable bonds is 7. The summed E-state index contributed by atoms with van der Waals surface area (Å²) in [7, 11) is 0. The Morgan fingerprint density at radius 2 is 1.81 bits per heavy atom. The van der Waals surface area contributed by atoms with Gasteiger partial charge in [-0.1, -0.05) is 39.0 Å². The fourth-order valence-electron chi connectivity index (χ4n) is 1.85. The highest BCUT2D eigenvalue weighted by Gasteiger charge is 2.11. The summed E-state index contributed by atoms with van der Waals surface area (Å²) in [5.74, 6) is 0.500. The van der Waals surface area contributed by atoms with E-state index in [1.54, 1.807) is 0 Å². The summed E-state index contributed by atoms with van der Waals surface area (Å²) in [6, 6.07) is 7.69. The van der Waals surface area contributed by atoms with E-state index in [1.165, 1.54) is 0 Å². The van der Waals surface area contributed by atoms with Gasteiger partial charge < -0.3 is 4.74 Å². The van der Waals surface area contributed by atoms with E-state index in [0.29, 0.717) is 18.1 Å². The van der Waals surface area contributed by atoms with E-state index in [4.69, 9.17) is 4.74 Å². The van der Waals surface area contributed by atoms with Gasteiger partial charge in [-0.15, -0.1) is 0 Å². The summed E-state index contributed by atoms with van der Waals surface area (Å²) in [6.07, 6.45) is 2.12. The van der Waals surface area contributed by atoms with Crippen molar-refractivity contribution in [1.82, 2.24) is 10.9 Å². The molecule has 1 aromatic rings. The molecule has 116 valence electrons. The lowest BCUT2D eigenvalue weighted by Gasteiger charge is -2.15. The van der Waals surface area contributed by atoms with Crippen LogP contribution in [-0.4, -0.2) is 18.4 Å². The number of para-hydroxylation sites is 1. The highest BCUT2D eigenvalue weighted by Crippen LogP contribution is 2.28. The normalized spacial score (nSPS) is 11.6. The molecule has 2 amide bonds. The molecule has 0 unspecified atom stereocenters. The van der Waals surface area contributed by atoms with Crippen LogP contribution in [0.1, 0.15) is 51.5 Å². The Morgan fingerprint density at radius 3 is 2.48 bits per heavy atom. The molecule has 5 heteroatoms. The molecule has 0 saturated carbocycles. The molecule has 0 fully saturated rings. The zero-order valence-corrected chi connectivity index (χ0v) is 12.9. The maximum Gasteiger partial charge on any atom is 0.276 e. The summed E-state index contributed by atoms with van der Waals surface area (Å²) in [4.78, 5) is 22.9. The SMILES string of the molecule is CCCC(=O)NNC(=O)COc1ccccc1[C@H](C)CC. The summed E-state index contributed by atoms with van der Waals surface area (Å²) < 4.78 is 5.55. The quantitative estimate of drug-likeness (QED) is 0.759. The average Bonchev–Trinajstić information content (AvgIpc) is 2.50. The average molecular weight is 292 g/mol. The molecular weight excluding hydrogens is 268 g/mol. The molecule has 0 aliphatic carbocycles. The molecule has 2 N–H and O–H groups in total. The van der Waals surface area contributed by atoms with Gasteiger partial charge in [0, 0.05) is 6.42 Å². The van der Waals surface area contributed by atoms with E-state index in [1.807, 2.05) is 31.2 Å². The Bertz CT molecular complexity index is 474. The van der Waals surface area contributed by atoms with Crippen LogP contribution >= 0.6 is 0 Å². The minimum absolute atomic E-state index is 0.125. The van der Waals surface area contributed by atoms with Crippen LogP contribution in [0.5, 0.6) is 5.75 Å². The third-order valence-electron chi connectivity index (χ3n) is 3.24. The number of nitrogens with one attached hydrogen (secondary N) is 2. The largest absolute Gasteiger partial charge is 0.483 e. The molecular formula is C16H24N2O3. The van der Waals surface area contributed by atoms with Gasteiger partial charge in [-0.05, 0) is 30.4 Å². The van der Waals surface area contributed by atoms with Gasteiger partial charge in [-0.3, -0.25) is 20.4 Å². The number of amides is 2. The topological polar surface area (TPSA) is 67.4 Å². The Morgan fingerprint density at radius 1 is 1.14 bits per heavy atom. The first kappa shape index (κ1) is 17.0. The van der Waals surface area contributed by atoms with Gasteiger partial charge in [-0.25, -0.2) is 0 Å². The van der Waals surface area contributed by atoms with Gasteiger partial charge >= 0.3 is 0 Å². The van der Waals surface area contributed by atoms with Crippen molar-refractivity contribution in [3.05, 3.63) is 29.8 Å². The minimum atomic E-state index is -0.376. The lowest BCUT2D eigenvalue weighted by molar-refractivity contribution is -0.130. The van der Waals surface area contributed by atoms with Gasteiger partial charge in [0.05, 0.1) is 0 Å². The monoisotopic (exact) mass is 292 g/mol. The highest BCUT2D eigenvalue weighted by molar-refractivity contribution is 5.82. The van der Waals surface area contributed by atoms with Crippen LogP contribution in [0.3, 0.4) is 0 Å². The second kappa shape index (κ2) is 9.00. The fourth-order valence-corrected chi connectivity index (χ4v) is 1.85. The van der Waals surface area contributed by atoms with Crippen molar-refractivity contribution in [2.45, 2.75) is 46.0 Å². The molecule has 0 aromatic heterocycles. The molecule has 1 rings (SSSR count). The molecule has 0 saturated heterocycles. The van der Waals surface area contributed by atoms with Crippen molar-refractivity contribution in [1.29, 1.82) is 0 Å². The van der Waals surface area contributed by atoms with Crippen LogP contribution in [0.25, 0.3) is 0 Å². The summed E-state index contributed by atoms with van der Waals surface area (Å²) in [5, 5.41) is 0. The molecule has 0 aliphatic heterocycles. The van der Waals surface area contributed by atoms with Crippen molar-refractivity contribution in [3.63, 3.8) is 0 Å². The molecule has 0 spiro atoms. The van der Waals surface area contributed by atoms with E-state index in [-0.39, 0.29) is 18.4 Å². The summed E-state index contributed by atoms with van der Waals surface area (Å²) in [6.45, 7) is 6.00. The van der Waals surface area contributed by atoms with E-state index in [0.717, 1.165) is 18.4 Å². The third-order valence-corrected chi connectivity index (χ3v) is 3.24. The number of carbonyl (C=O) groups is 2. The second-order valence-electron chi connectivity index (χ2n) is 4.98. The van der Waals surface area contributed by atoms with E-state index in [2.05, 4.69) is 24.7 Å². The number of hydrogen-bond donors (Lipinski definition) is 2. The van der Waals surface area contributed by atoms with Crippen molar-refractivity contribution in [2.24, 2.45) is 0 Å². The molecule has 0 radical (unpaired) electrons. The molecule has 1 aromatic carbocycles. The predicted molar refractivity (Wildman–Crippen MR) is 81.8 cm³/mol. The lowest BCUT2D eigenvalue weighted by Crippen LogP contribution is -2.43. The maximum atomic E-state index is 11.6. The minimum Gasteiger partial charge on any atom is -0.483 e. The molecule has 0 heterocycles. The summed E-state index contributed by atoms with van der Waals surface area (Å²) >= 11 is 0. The van der Waals surface area contributed by atoms with Crippen LogP contribution in [0.2, 0.25) is 0 Å². The van der Waals surface area contributed by atoms with Crippen molar-refractivity contribution in [2.75, 3.05) is 6.61 Å². The third kappa shape index (κ3) is 5.85. The number of benzene rings is 1. The maximum absolute atomic E-state index is 11.6. The van der Waals surface area contributed by atoms with Crippen LogP contribution in [0.4, 0.5) is 0 Å². The van der Waals surface area contributed by atoms with Crippen molar-refractivity contribution >= 4 is 11.8 Å². The molecule has 5 nitrogen and oxygen atoms in total. The highest BCUT2D eigenvalue weighted by atomic mass is 16.5. The smallest absolute Gasteiger partial charge is 0.276 e. The number of carbonyl (C=O) groups excluding carboxylic acids is 2. The number of ether oxygens (including phenoxy) is 1. The zero-order valence-electron chi connectivity index (χ0n) is 12.9. The van der Waals surface area contributed by atoms with Gasteiger partial charge in [0.25, 0.3) is 5.91 Å². The van der Waals surface area contributed by atoms with Gasteiger partial charge in [0.2, 0.25) is 5.91 Å². The first-order valence-corrected chi connectivity index (χ1v) is 7.37. The summed E-state index contributed by atoms with van der Waals surface area (Å²) in [5.41, 5.74) is 5.77. The van der Waals surface area contributed by atoms with E-state index >= 15 is 0 Å². The predicted octanol–water partition coefficient (Wildman–Crippen LogP) is 2.53. The van der Waals surface area contributed by atoms with Gasteiger partial charge in [-0.2, -0.15) is 0 Å². The molecule has 0 bridgehead atoms. The molecule has 1 atom stereocenters. The van der Waals surface area contributed by atoms with Crippen LogP contribution in [-0.2, 0) is 9.59 Å². The Hall–Kier alpha value is -2.04. The van der Waals surface area contributed by atoms with Crippen molar-refractivity contribution in [3.8, 4) is 5.75 Å². The Labute approximate surface area is 126 Å². The molecule has 0 aliphatic rings. The van der Waals surface area contributed by atoms with Crippen LogP contribution in [0.15, 0.2) is 24.3 Å². The lowest BCUT2D eigenvalue weighted by atomic mass is 9.98. The first-order chi connectivity index (χ1) is 10.1. The van der Waals surface area contributed by atoms with Gasteiger partial charge in [0.15, 0.2) is 6.61 Å². The van der Waals surface area contributed by atoms with Crippen LogP contribution in [0, 0.1) is 0 Å². The number of hydrazine groups is 1. The van der Waals surface area contributed by atoms with E-state index in [9.17, 15) is 9.59 Å². The standard InChI is InChI=1S/C16H24N2O3/c1-4-8-15(19)17-18-16(20)11-21-14-10-7-6-9-13(14)12(3)5-2/h6-7,9-10,12H,4-5,8,11H2,1-3H3,(H,17,19)(H,18,20)/t12-/m1/s1. The van der Waals surface area contributed by atoms with Crippen LogP contribution < -0.4 is 15.6 Å². The van der Waals surface area contributed by atoms with Crippen molar-refractivity contribution < 1.29 is 14.3 Å². The fraction of sp³-hybridized carbons (Fsp3) is 0.500. The molecule has 21 heavy (non-hydrogen) atoms. The number of hydrogen-bond acceptors (Lipinski definition) is 3. The Balaban J connectivity index is 2.48. The second-order valence-corrected chi connectivity index (χ2v) is 4.98. The first-order valence-electron chi connectivity index (χ1n) is 7.37. The Kier molecular flexibility index (Phi) is 7.29. The van der Waals surface area contributed by atoms with Gasteiger partial charge in [0.1, 0.15) is 5.75 Å². The zero-order chi connectivity index (χ0) is 15.7. The van der Waals surface area contributed by atoms with E-state index < -0.39 is 0 Å².